The molecule has 0 radical (unpaired) electrons. The van der Waals surface area contributed by atoms with Crippen molar-refractivity contribution in [1.29, 1.82) is 0 Å². The number of amides is 1. The van der Waals surface area contributed by atoms with Crippen molar-refractivity contribution in [3.05, 3.63) is 36.1 Å². The van der Waals surface area contributed by atoms with Gasteiger partial charge >= 0.3 is 0 Å². The number of nitrogens with zero attached hydrogens (tertiary/aromatic N) is 1. The number of rotatable bonds is 4. The summed E-state index contributed by atoms with van der Waals surface area (Å²) in [4.78, 5) is 14.6. The second-order valence-electron chi connectivity index (χ2n) is 7.12. The highest BCUT2D eigenvalue weighted by atomic mass is 16.3. The molecule has 3 atom stereocenters. The van der Waals surface area contributed by atoms with Gasteiger partial charge in [0.05, 0.1) is 12.6 Å². The molecular formula is C19H26N2O2. The van der Waals surface area contributed by atoms with Crippen LogP contribution in [0.1, 0.15) is 39.0 Å². The monoisotopic (exact) mass is 314 g/mol. The second kappa shape index (κ2) is 6.75. The standard InChI is InChI=1S/C19H26N2O2/c1-13-8-14(2)11-21(10-13)12-19(22)20-15(3)18-9-16-6-4-5-7-17(16)23-18/h4-7,9,13-15H,8,10-12H2,1-3H3,(H,20,22)/t13-,14-,15+/m1/s1. The lowest BCUT2D eigenvalue weighted by Crippen LogP contribution is -2.44. The van der Waals surface area contributed by atoms with Crippen molar-refractivity contribution in [2.75, 3.05) is 19.6 Å². The van der Waals surface area contributed by atoms with Crippen LogP contribution < -0.4 is 5.32 Å². The fourth-order valence-corrected chi connectivity index (χ4v) is 3.70. The topological polar surface area (TPSA) is 45.5 Å². The Morgan fingerprint density at radius 2 is 2.00 bits per heavy atom. The number of hydrogen-bond donors (Lipinski definition) is 1. The summed E-state index contributed by atoms with van der Waals surface area (Å²) < 4.78 is 5.83. The number of para-hydroxylation sites is 1. The van der Waals surface area contributed by atoms with Gasteiger partial charge in [-0.2, -0.15) is 0 Å². The third kappa shape index (κ3) is 3.94. The maximum Gasteiger partial charge on any atom is 0.234 e. The van der Waals surface area contributed by atoms with E-state index in [1.807, 2.05) is 37.3 Å². The van der Waals surface area contributed by atoms with Gasteiger partial charge in [-0.15, -0.1) is 0 Å². The summed E-state index contributed by atoms with van der Waals surface area (Å²) in [6, 6.07) is 9.80. The normalized spacial score (nSPS) is 23.8. The Morgan fingerprint density at radius 3 is 2.70 bits per heavy atom. The SMILES string of the molecule is C[C@@H]1C[C@@H](C)CN(CC(=O)N[C@@H](C)c2cc3ccccc3o2)C1. The molecule has 0 bridgehead atoms. The molecule has 1 amide bonds. The molecule has 23 heavy (non-hydrogen) atoms. The van der Waals surface area contributed by atoms with Gasteiger partial charge < -0.3 is 9.73 Å². The lowest BCUT2D eigenvalue weighted by atomic mass is 9.92. The van der Waals surface area contributed by atoms with E-state index in [2.05, 4.69) is 24.1 Å². The molecule has 4 nitrogen and oxygen atoms in total. The number of furan rings is 1. The van der Waals surface area contributed by atoms with Crippen LogP contribution in [0.15, 0.2) is 34.7 Å². The minimum atomic E-state index is -0.116. The first-order chi connectivity index (χ1) is 11.0. The van der Waals surface area contributed by atoms with Crippen LogP contribution in [0.2, 0.25) is 0 Å². The average molecular weight is 314 g/mol. The molecule has 2 aromatic rings. The molecule has 0 spiro atoms. The first-order valence-electron chi connectivity index (χ1n) is 8.51. The van der Waals surface area contributed by atoms with E-state index in [4.69, 9.17) is 4.42 Å². The number of piperidine rings is 1. The fraction of sp³-hybridized carbons (Fsp3) is 0.526. The molecule has 0 aliphatic carbocycles. The summed E-state index contributed by atoms with van der Waals surface area (Å²) in [6.07, 6.45) is 1.26. The molecule has 124 valence electrons. The highest BCUT2D eigenvalue weighted by Gasteiger charge is 2.24. The van der Waals surface area contributed by atoms with Crippen LogP contribution in [0.4, 0.5) is 0 Å². The quantitative estimate of drug-likeness (QED) is 0.938. The zero-order valence-electron chi connectivity index (χ0n) is 14.2. The molecule has 1 fully saturated rings. The molecule has 1 aliphatic rings. The molecule has 0 unspecified atom stereocenters. The first kappa shape index (κ1) is 16.1. The summed E-state index contributed by atoms with van der Waals surface area (Å²) >= 11 is 0. The zero-order valence-corrected chi connectivity index (χ0v) is 14.2. The third-order valence-corrected chi connectivity index (χ3v) is 4.56. The molecule has 1 aliphatic heterocycles. The van der Waals surface area contributed by atoms with E-state index >= 15 is 0 Å². The largest absolute Gasteiger partial charge is 0.459 e. The lowest BCUT2D eigenvalue weighted by Gasteiger charge is -2.34. The summed E-state index contributed by atoms with van der Waals surface area (Å²) in [5.74, 6) is 2.21. The van der Waals surface area contributed by atoms with E-state index in [9.17, 15) is 4.79 Å². The van der Waals surface area contributed by atoms with Gasteiger partial charge in [-0.05, 0) is 37.3 Å². The predicted octanol–water partition coefficient (Wildman–Crippen LogP) is 3.59. The Labute approximate surface area is 137 Å². The van der Waals surface area contributed by atoms with Gasteiger partial charge in [-0.3, -0.25) is 9.69 Å². The van der Waals surface area contributed by atoms with E-state index < -0.39 is 0 Å². The van der Waals surface area contributed by atoms with Crippen molar-refractivity contribution in [1.82, 2.24) is 10.2 Å². The van der Waals surface area contributed by atoms with Crippen molar-refractivity contribution >= 4 is 16.9 Å². The van der Waals surface area contributed by atoms with E-state index in [0.29, 0.717) is 18.4 Å². The van der Waals surface area contributed by atoms with E-state index in [0.717, 1.165) is 29.8 Å². The van der Waals surface area contributed by atoms with Crippen LogP contribution >= 0.6 is 0 Å². The maximum atomic E-state index is 12.3. The molecule has 1 aromatic heterocycles. The highest BCUT2D eigenvalue weighted by Crippen LogP contribution is 2.24. The Balaban J connectivity index is 1.58. The molecule has 1 N–H and O–H groups in total. The second-order valence-corrected chi connectivity index (χ2v) is 7.12. The Hall–Kier alpha value is -1.81. The molecule has 1 saturated heterocycles. The van der Waals surface area contributed by atoms with E-state index in [1.165, 1.54) is 6.42 Å². The predicted molar refractivity (Wildman–Crippen MR) is 92.2 cm³/mol. The number of likely N-dealkylation sites (tertiary alicyclic amines) is 1. The van der Waals surface area contributed by atoms with Gasteiger partial charge in [0.1, 0.15) is 11.3 Å². The minimum Gasteiger partial charge on any atom is -0.459 e. The van der Waals surface area contributed by atoms with Gasteiger partial charge in [0, 0.05) is 18.5 Å². The minimum absolute atomic E-state index is 0.0688. The van der Waals surface area contributed by atoms with Crippen molar-refractivity contribution in [2.24, 2.45) is 11.8 Å². The number of benzene rings is 1. The number of fused-ring (bicyclic) bond motifs is 1. The molecule has 2 heterocycles. The first-order valence-corrected chi connectivity index (χ1v) is 8.51. The maximum absolute atomic E-state index is 12.3. The van der Waals surface area contributed by atoms with Crippen LogP contribution in [0.25, 0.3) is 11.0 Å². The van der Waals surface area contributed by atoms with Crippen molar-refractivity contribution in [2.45, 2.75) is 33.2 Å². The summed E-state index contributed by atoms with van der Waals surface area (Å²) in [7, 11) is 0. The molecular weight excluding hydrogens is 288 g/mol. The van der Waals surface area contributed by atoms with Crippen LogP contribution in [0.3, 0.4) is 0 Å². The van der Waals surface area contributed by atoms with Gasteiger partial charge in [-0.1, -0.05) is 32.0 Å². The van der Waals surface area contributed by atoms with Crippen LogP contribution in [-0.4, -0.2) is 30.4 Å². The fourth-order valence-electron chi connectivity index (χ4n) is 3.70. The summed E-state index contributed by atoms with van der Waals surface area (Å²) in [6.45, 7) is 8.99. The van der Waals surface area contributed by atoms with Gasteiger partial charge in [0.15, 0.2) is 0 Å². The number of nitrogens with one attached hydrogen (secondary N) is 1. The van der Waals surface area contributed by atoms with E-state index in [-0.39, 0.29) is 11.9 Å². The molecule has 3 rings (SSSR count). The zero-order chi connectivity index (χ0) is 16.4. The van der Waals surface area contributed by atoms with Gasteiger partial charge in [0.2, 0.25) is 5.91 Å². The van der Waals surface area contributed by atoms with Crippen molar-refractivity contribution in [3.8, 4) is 0 Å². The van der Waals surface area contributed by atoms with Gasteiger partial charge in [-0.25, -0.2) is 0 Å². The van der Waals surface area contributed by atoms with Crippen molar-refractivity contribution < 1.29 is 9.21 Å². The Bertz CT molecular complexity index is 636. The third-order valence-electron chi connectivity index (χ3n) is 4.56. The number of carbonyl (C=O) groups excluding carboxylic acids is 1. The van der Waals surface area contributed by atoms with Crippen LogP contribution in [0.5, 0.6) is 0 Å². The van der Waals surface area contributed by atoms with Gasteiger partial charge in [0.25, 0.3) is 0 Å². The average Bonchev–Trinajstić information content (AvgIpc) is 2.89. The van der Waals surface area contributed by atoms with Crippen LogP contribution in [-0.2, 0) is 4.79 Å². The summed E-state index contributed by atoms with van der Waals surface area (Å²) in [5.41, 5.74) is 0.863. The van der Waals surface area contributed by atoms with E-state index in [1.54, 1.807) is 0 Å². The number of hydrogen-bond acceptors (Lipinski definition) is 3. The smallest absolute Gasteiger partial charge is 0.234 e. The highest BCUT2D eigenvalue weighted by molar-refractivity contribution is 5.80. The number of carbonyl (C=O) groups is 1. The molecule has 0 saturated carbocycles. The van der Waals surface area contributed by atoms with Crippen molar-refractivity contribution in [3.63, 3.8) is 0 Å². The Morgan fingerprint density at radius 1 is 1.30 bits per heavy atom. The Kier molecular flexibility index (Phi) is 4.71. The lowest BCUT2D eigenvalue weighted by molar-refractivity contribution is -0.123. The summed E-state index contributed by atoms with van der Waals surface area (Å²) in [5, 5.41) is 4.13. The molecule has 1 aromatic carbocycles. The van der Waals surface area contributed by atoms with Crippen LogP contribution in [0, 0.1) is 11.8 Å². The molecule has 4 heteroatoms.